The molecule has 0 saturated heterocycles. The predicted molar refractivity (Wildman–Crippen MR) is 89.1 cm³/mol. The van der Waals surface area contributed by atoms with Crippen LogP contribution >= 0.6 is 0 Å². The van der Waals surface area contributed by atoms with Crippen molar-refractivity contribution in [2.24, 2.45) is 4.99 Å². The number of hydrogen-bond acceptors (Lipinski definition) is 5. The summed E-state index contributed by atoms with van der Waals surface area (Å²) in [7, 11) is 1.70. The van der Waals surface area contributed by atoms with Crippen LogP contribution in [0.15, 0.2) is 52.1 Å². The van der Waals surface area contributed by atoms with Crippen LogP contribution in [0.1, 0.15) is 35.4 Å². The summed E-state index contributed by atoms with van der Waals surface area (Å²) in [5.41, 5.74) is 1.09. The number of rotatable bonds is 7. The Labute approximate surface area is 134 Å². The molecule has 2 N–H and O–H groups in total. The molecule has 0 aliphatic carbocycles. The lowest BCUT2D eigenvalue weighted by Gasteiger charge is -2.04. The molecule has 1 aromatic heterocycles. The predicted octanol–water partition coefficient (Wildman–Crippen LogP) is 3.83. The average Bonchev–Trinajstić information content (AvgIpc) is 3.03. The topological polar surface area (TPSA) is 83.0 Å². The van der Waals surface area contributed by atoms with Crippen LogP contribution in [0.2, 0.25) is 0 Å². The van der Waals surface area contributed by atoms with Crippen molar-refractivity contribution in [3.05, 3.63) is 54.0 Å². The van der Waals surface area contributed by atoms with Crippen LogP contribution in [0, 0.1) is 0 Å². The molecule has 0 fully saturated rings. The lowest BCUT2D eigenvalue weighted by Crippen LogP contribution is -2.01. The number of nitrogens with zero attached hydrogens (tertiary/aromatic N) is 1. The Kier molecular flexibility index (Phi) is 5.74. The number of phenols is 2. The van der Waals surface area contributed by atoms with E-state index in [1.165, 1.54) is 12.1 Å². The van der Waals surface area contributed by atoms with E-state index in [2.05, 4.69) is 4.99 Å². The second kappa shape index (κ2) is 7.98. The molecule has 2 rings (SSSR count). The summed E-state index contributed by atoms with van der Waals surface area (Å²) in [5, 5.41) is 18.9. The number of aliphatic imine (C=N–C) groups is 1. The molecular weight excluding hydrogens is 294 g/mol. The number of furan rings is 1. The summed E-state index contributed by atoms with van der Waals surface area (Å²) in [4.78, 5) is 16.3. The van der Waals surface area contributed by atoms with Gasteiger partial charge in [0.25, 0.3) is 0 Å². The van der Waals surface area contributed by atoms with Crippen LogP contribution in [0.3, 0.4) is 0 Å². The Morgan fingerprint density at radius 1 is 1.26 bits per heavy atom. The number of carbonyl (C=O) groups excluding carboxylic acids is 1. The van der Waals surface area contributed by atoms with Crippen molar-refractivity contribution in [3.63, 3.8) is 0 Å². The third-order valence-electron chi connectivity index (χ3n) is 3.39. The lowest BCUT2D eigenvalue weighted by molar-refractivity contribution is 0.0978. The van der Waals surface area contributed by atoms with Crippen molar-refractivity contribution in [3.8, 4) is 11.5 Å². The van der Waals surface area contributed by atoms with Gasteiger partial charge in [-0.05, 0) is 49.3 Å². The first-order valence-corrected chi connectivity index (χ1v) is 7.32. The molecule has 0 aliphatic rings. The second-order valence-corrected chi connectivity index (χ2v) is 5.04. The highest BCUT2D eigenvalue weighted by molar-refractivity contribution is 6.00. The maximum absolute atomic E-state index is 12.1. The summed E-state index contributed by atoms with van der Waals surface area (Å²) in [6.45, 7) is 0. The molecule has 0 atom stereocenters. The van der Waals surface area contributed by atoms with Gasteiger partial charge < -0.3 is 14.6 Å². The van der Waals surface area contributed by atoms with Crippen LogP contribution in [-0.2, 0) is 0 Å². The van der Waals surface area contributed by atoms with Crippen molar-refractivity contribution < 1.29 is 19.4 Å². The quantitative estimate of drug-likeness (QED) is 0.601. The normalized spacial score (nSPS) is 12.0. The van der Waals surface area contributed by atoms with Crippen LogP contribution < -0.4 is 0 Å². The number of phenolic OH excluding ortho intramolecular Hbond substituents is 2. The van der Waals surface area contributed by atoms with Crippen molar-refractivity contribution in [2.75, 3.05) is 7.05 Å². The Morgan fingerprint density at radius 3 is 2.74 bits per heavy atom. The van der Waals surface area contributed by atoms with Crippen LogP contribution in [0.5, 0.6) is 11.5 Å². The Morgan fingerprint density at radius 2 is 2.09 bits per heavy atom. The number of allylic oxidation sites excluding steroid dienone is 1. The van der Waals surface area contributed by atoms with Gasteiger partial charge in [0.1, 0.15) is 17.3 Å². The number of benzene rings is 1. The minimum atomic E-state index is -0.197. The number of ketones is 1. The SMILES string of the molecule is CN=C(/C=C/c1ccco1)CCCC(=O)c1ccc(O)cc1O. The zero-order valence-corrected chi connectivity index (χ0v) is 12.9. The fourth-order valence-corrected chi connectivity index (χ4v) is 2.15. The van der Waals surface area contributed by atoms with Gasteiger partial charge in [-0.1, -0.05) is 0 Å². The first-order valence-electron chi connectivity index (χ1n) is 7.32. The van der Waals surface area contributed by atoms with Crippen molar-refractivity contribution in [1.29, 1.82) is 0 Å². The summed E-state index contributed by atoms with van der Waals surface area (Å²) in [5.74, 6) is 0.323. The maximum Gasteiger partial charge on any atom is 0.166 e. The van der Waals surface area contributed by atoms with Crippen LogP contribution in [0.4, 0.5) is 0 Å². The van der Waals surface area contributed by atoms with Gasteiger partial charge in [-0.15, -0.1) is 0 Å². The van der Waals surface area contributed by atoms with E-state index in [1.807, 2.05) is 24.3 Å². The lowest BCUT2D eigenvalue weighted by atomic mass is 10.0. The van der Waals surface area contributed by atoms with Gasteiger partial charge in [0.15, 0.2) is 5.78 Å². The summed E-state index contributed by atoms with van der Waals surface area (Å²) >= 11 is 0. The first-order chi connectivity index (χ1) is 11.1. The van der Waals surface area contributed by atoms with E-state index in [4.69, 9.17) is 4.42 Å². The molecule has 5 nitrogen and oxygen atoms in total. The minimum Gasteiger partial charge on any atom is -0.508 e. The molecule has 1 heterocycles. The molecule has 0 amide bonds. The summed E-state index contributed by atoms with van der Waals surface area (Å²) in [6.07, 6.45) is 6.86. The average molecular weight is 313 g/mol. The largest absolute Gasteiger partial charge is 0.508 e. The standard InChI is InChI=1S/C18H19NO4/c1-19-13(7-9-15-5-3-11-23-15)4-2-6-17(21)16-10-8-14(20)12-18(16)22/h3,5,7-12,20,22H,2,4,6H2,1H3/b9-7+,19-13?. The molecule has 2 aromatic rings. The van der Waals surface area contributed by atoms with E-state index in [0.29, 0.717) is 19.3 Å². The van der Waals surface area contributed by atoms with E-state index < -0.39 is 0 Å². The highest BCUT2D eigenvalue weighted by atomic mass is 16.3. The van der Waals surface area contributed by atoms with E-state index in [0.717, 1.165) is 17.5 Å². The molecule has 120 valence electrons. The molecule has 0 bridgehead atoms. The Hall–Kier alpha value is -2.82. The van der Waals surface area contributed by atoms with E-state index >= 15 is 0 Å². The zero-order valence-electron chi connectivity index (χ0n) is 12.9. The maximum atomic E-state index is 12.1. The Balaban J connectivity index is 1.86. The summed E-state index contributed by atoms with van der Waals surface area (Å²) < 4.78 is 5.21. The second-order valence-electron chi connectivity index (χ2n) is 5.04. The molecule has 0 spiro atoms. The minimum absolute atomic E-state index is 0.0671. The van der Waals surface area contributed by atoms with Gasteiger partial charge in [0, 0.05) is 25.2 Å². The van der Waals surface area contributed by atoms with Crippen molar-refractivity contribution >= 4 is 17.6 Å². The third-order valence-corrected chi connectivity index (χ3v) is 3.39. The molecule has 0 saturated carbocycles. The van der Waals surface area contributed by atoms with Crippen molar-refractivity contribution in [2.45, 2.75) is 19.3 Å². The third kappa shape index (κ3) is 4.85. The first kappa shape index (κ1) is 16.5. The number of hydrogen-bond donors (Lipinski definition) is 2. The van der Waals surface area contributed by atoms with E-state index in [1.54, 1.807) is 13.3 Å². The molecule has 1 aromatic carbocycles. The monoisotopic (exact) mass is 313 g/mol. The number of carbonyl (C=O) groups is 1. The van der Waals surface area contributed by atoms with Crippen LogP contribution in [-0.4, -0.2) is 28.8 Å². The van der Waals surface area contributed by atoms with Gasteiger partial charge in [0.05, 0.1) is 11.8 Å². The Bertz CT molecular complexity index is 715. The van der Waals surface area contributed by atoms with E-state index in [-0.39, 0.29) is 22.8 Å². The molecule has 0 aliphatic heterocycles. The zero-order chi connectivity index (χ0) is 16.7. The molecular formula is C18H19NO4. The van der Waals surface area contributed by atoms with Crippen LogP contribution in [0.25, 0.3) is 6.08 Å². The fraction of sp³-hybridized carbons (Fsp3) is 0.222. The van der Waals surface area contributed by atoms with Gasteiger partial charge in [-0.3, -0.25) is 9.79 Å². The molecule has 23 heavy (non-hydrogen) atoms. The summed E-state index contributed by atoms with van der Waals surface area (Å²) in [6, 6.07) is 7.64. The van der Waals surface area contributed by atoms with Gasteiger partial charge >= 0.3 is 0 Å². The molecule has 0 unspecified atom stereocenters. The van der Waals surface area contributed by atoms with Gasteiger partial charge in [-0.25, -0.2) is 0 Å². The fourth-order valence-electron chi connectivity index (χ4n) is 2.15. The van der Waals surface area contributed by atoms with Gasteiger partial charge in [-0.2, -0.15) is 0 Å². The highest BCUT2D eigenvalue weighted by Gasteiger charge is 2.11. The molecule has 5 heteroatoms. The highest BCUT2D eigenvalue weighted by Crippen LogP contribution is 2.24. The number of aromatic hydroxyl groups is 2. The molecule has 0 radical (unpaired) electrons. The van der Waals surface area contributed by atoms with Crippen molar-refractivity contribution in [1.82, 2.24) is 0 Å². The smallest absolute Gasteiger partial charge is 0.166 e. The van der Waals surface area contributed by atoms with Gasteiger partial charge in [0.2, 0.25) is 0 Å². The van der Waals surface area contributed by atoms with E-state index in [9.17, 15) is 15.0 Å². The number of Topliss-reactive ketones (excluding diaryl/α,β-unsaturated/α-hetero) is 1.